The number of hydrogen-bond donors (Lipinski definition) is 1. The van der Waals surface area contributed by atoms with Crippen molar-refractivity contribution in [3.05, 3.63) is 28.2 Å². The van der Waals surface area contributed by atoms with E-state index in [1.807, 2.05) is 25.1 Å². The number of carboxylic acid groups (broad SMARTS) is 1. The maximum absolute atomic E-state index is 11.5. The van der Waals surface area contributed by atoms with E-state index < -0.39 is 5.97 Å². The quantitative estimate of drug-likeness (QED) is 0.913. The summed E-state index contributed by atoms with van der Waals surface area (Å²) in [5.41, 5.74) is 1.10. The molecule has 1 aromatic carbocycles. The summed E-state index contributed by atoms with van der Waals surface area (Å²) in [5, 5.41) is 9.42. The van der Waals surface area contributed by atoms with Crippen molar-refractivity contribution < 1.29 is 14.6 Å². The Morgan fingerprint density at radius 1 is 1.55 bits per heavy atom. The van der Waals surface area contributed by atoms with E-state index in [0.717, 1.165) is 35.2 Å². The molecule has 2 rings (SSSR count). The number of halogens is 1. The lowest BCUT2D eigenvalue weighted by molar-refractivity contribution is -0.147. The minimum absolute atomic E-state index is 0.197. The Bertz CT molecular complexity index is 492. The van der Waals surface area contributed by atoms with Gasteiger partial charge in [0.05, 0.1) is 11.6 Å². The third kappa shape index (κ3) is 3.33. The van der Waals surface area contributed by atoms with Crippen molar-refractivity contribution in [1.82, 2.24) is 4.90 Å². The predicted octanol–water partition coefficient (Wildman–Crippen LogP) is 3.14. The molecule has 0 aromatic heterocycles. The fraction of sp³-hybridized carbons (Fsp3) is 0.533. The summed E-state index contributed by atoms with van der Waals surface area (Å²) in [7, 11) is 1.63. The highest BCUT2D eigenvalue weighted by Crippen LogP contribution is 2.29. The Morgan fingerprint density at radius 3 is 2.90 bits per heavy atom. The van der Waals surface area contributed by atoms with Crippen molar-refractivity contribution in [2.45, 2.75) is 32.4 Å². The first kappa shape index (κ1) is 15.3. The van der Waals surface area contributed by atoms with Crippen LogP contribution in [0.25, 0.3) is 0 Å². The number of hydrogen-bond acceptors (Lipinski definition) is 3. The lowest BCUT2D eigenvalue weighted by Crippen LogP contribution is -2.48. The Labute approximate surface area is 127 Å². The van der Waals surface area contributed by atoms with Crippen LogP contribution in [0.1, 0.15) is 25.3 Å². The molecule has 2 atom stereocenters. The second-order valence-corrected chi connectivity index (χ2v) is 6.20. The maximum atomic E-state index is 11.5. The number of benzene rings is 1. The molecular formula is C15H20BrNO3. The van der Waals surface area contributed by atoms with Crippen LogP contribution in [0.5, 0.6) is 5.75 Å². The Morgan fingerprint density at radius 2 is 2.30 bits per heavy atom. The van der Waals surface area contributed by atoms with Crippen LogP contribution in [-0.4, -0.2) is 35.7 Å². The van der Waals surface area contributed by atoms with E-state index in [0.29, 0.717) is 6.54 Å². The molecule has 110 valence electrons. The Hall–Kier alpha value is -1.07. The molecule has 4 nitrogen and oxygen atoms in total. The van der Waals surface area contributed by atoms with Gasteiger partial charge in [0.25, 0.3) is 0 Å². The van der Waals surface area contributed by atoms with Crippen LogP contribution in [0.3, 0.4) is 0 Å². The highest BCUT2D eigenvalue weighted by Gasteiger charge is 2.33. The van der Waals surface area contributed by atoms with Crippen molar-refractivity contribution >= 4 is 21.9 Å². The fourth-order valence-corrected chi connectivity index (χ4v) is 3.48. The molecule has 5 heteroatoms. The summed E-state index contributed by atoms with van der Waals surface area (Å²) in [4.78, 5) is 13.5. The van der Waals surface area contributed by atoms with Gasteiger partial charge >= 0.3 is 5.97 Å². The smallest absolute Gasteiger partial charge is 0.321 e. The third-order valence-corrected chi connectivity index (χ3v) is 4.51. The van der Waals surface area contributed by atoms with Gasteiger partial charge in [0, 0.05) is 6.54 Å². The van der Waals surface area contributed by atoms with Crippen molar-refractivity contribution in [3.63, 3.8) is 0 Å². The summed E-state index contributed by atoms with van der Waals surface area (Å²) in [6, 6.07) is 5.51. The summed E-state index contributed by atoms with van der Waals surface area (Å²) >= 11 is 3.47. The Balaban J connectivity index is 2.15. The largest absolute Gasteiger partial charge is 0.496 e. The summed E-state index contributed by atoms with van der Waals surface area (Å²) in [6.07, 6.45) is 2.04. The normalized spacial score (nSPS) is 23.6. The van der Waals surface area contributed by atoms with Crippen LogP contribution < -0.4 is 4.74 Å². The standard InChI is InChI=1S/C15H20BrNO3/c1-10-4-3-7-17(14(10)15(18)19)9-11-5-6-13(20-2)12(16)8-11/h5-6,8,10,14H,3-4,7,9H2,1-2H3,(H,18,19). The van der Waals surface area contributed by atoms with Gasteiger partial charge in [-0.05, 0) is 58.9 Å². The molecule has 1 aliphatic heterocycles. The zero-order chi connectivity index (χ0) is 14.7. The number of carboxylic acids is 1. The fourth-order valence-electron chi connectivity index (χ4n) is 2.89. The van der Waals surface area contributed by atoms with E-state index in [9.17, 15) is 9.90 Å². The lowest BCUT2D eigenvalue weighted by Gasteiger charge is -2.37. The number of likely N-dealkylation sites (tertiary alicyclic amines) is 1. The lowest BCUT2D eigenvalue weighted by atomic mass is 9.90. The first-order chi connectivity index (χ1) is 9.52. The molecule has 2 unspecified atom stereocenters. The number of nitrogens with zero attached hydrogens (tertiary/aromatic N) is 1. The molecule has 0 radical (unpaired) electrons. The van der Waals surface area contributed by atoms with Crippen LogP contribution in [-0.2, 0) is 11.3 Å². The van der Waals surface area contributed by atoms with Gasteiger partial charge in [-0.3, -0.25) is 9.69 Å². The van der Waals surface area contributed by atoms with E-state index in [-0.39, 0.29) is 12.0 Å². The number of carbonyl (C=O) groups is 1. The number of ether oxygens (including phenoxy) is 1. The maximum Gasteiger partial charge on any atom is 0.321 e. The highest BCUT2D eigenvalue weighted by molar-refractivity contribution is 9.10. The SMILES string of the molecule is COc1ccc(CN2CCCC(C)C2C(=O)O)cc1Br. The second kappa shape index (κ2) is 6.59. The molecule has 1 aromatic rings. The number of piperidine rings is 1. The molecule has 1 aliphatic rings. The molecule has 0 bridgehead atoms. The van der Waals surface area contributed by atoms with Gasteiger partial charge < -0.3 is 9.84 Å². The van der Waals surface area contributed by atoms with Gasteiger partial charge in [-0.2, -0.15) is 0 Å². The molecule has 0 saturated carbocycles. The second-order valence-electron chi connectivity index (χ2n) is 5.34. The summed E-state index contributed by atoms with van der Waals surface area (Å²) in [5.74, 6) is 0.267. The van der Waals surface area contributed by atoms with Gasteiger partial charge in [-0.15, -0.1) is 0 Å². The van der Waals surface area contributed by atoms with Gasteiger partial charge in [-0.1, -0.05) is 13.0 Å². The molecule has 1 N–H and O–H groups in total. The summed E-state index contributed by atoms with van der Waals surface area (Å²) < 4.78 is 6.11. The van der Waals surface area contributed by atoms with Crippen LogP contribution >= 0.6 is 15.9 Å². The van der Waals surface area contributed by atoms with Gasteiger partial charge in [0.1, 0.15) is 11.8 Å². The first-order valence-corrected chi connectivity index (χ1v) is 7.61. The molecule has 1 heterocycles. The molecule has 0 aliphatic carbocycles. The van der Waals surface area contributed by atoms with E-state index in [1.54, 1.807) is 7.11 Å². The van der Waals surface area contributed by atoms with Crippen molar-refractivity contribution in [3.8, 4) is 5.75 Å². The van der Waals surface area contributed by atoms with Crippen molar-refractivity contribution in [2.24, 2.45) is 5.92 Å². The van der Waals surface area contributed by atoms with E-state index in [2.05, 4.69) is 20.8 Å². The number of methoxy groups -OCH3 is 1. The van der Waals surface area contributed by atoms with Gasteiger partial charge in [0.2, 0.25) is 0 Å². The van der Waals surface area contributed by atoms with Crippen LogP contribution in [0.2, 0.25) is 0 Å². The van der Waals surface area contributed by atoms with E-state index in [4.69, 9.17) is 4.74 Å². The number of aliphatic carboxylic acids is 1. The molecule has 1 fully saturated rings. The predicted molar refractivity (Wildman–Crippen MR) is 80.9 cm³/mol. The van der Waals surface area contributed by atoms with Crippen molar-refractivity contribution in [2.75, 3.05) is 13.7 Å². The van der Waals surface area contributed by atoms with E-state index in [1.165, 1.54) is 0 Å². The molecular weight excluding hydrogens is 322 g/mol. The zero-order valence-corrected chi connectivity index (χ0v) is 13.4. The molecule has 0 amide bonds. The molecule has 0 spiro atoms. The Kier molecular flexibility index (Phi) is 5.05. The van der Waals surface area contributed by atoms with Crippen LogP contribution in [0.4, 0.5) is 0 Å². The average Bonchev–Trinajstić information content (AvgIpc) is 2.38. The minimum Gasteiger partial charge on any atom is -0.496 e. The van der Waals surface area contributed by atoms with Crippen LogP contribution in [0.15, 0.2) is 22.7 Å². The monoisotopic (exact) mass is 341 g/mol. The zero-order valence-electron chi connectivity index (χ0n) is 11.8. The first-order valence-electron chi connectivity index (χ1n) is 6.82. The number of rotatable bonds is 4. The topological polar surface area (TPSA) is 49.8 Å². The van der Waals surface area contributed by atoms with Crippen molar-refractivity contribution in [1.29, 1.82) is 0 Å². The molecule has 20 heavy (non-hydrogen) atoms. The third-order valence-electron chi connectivity index (χ3n) is 3.89. The highest BCUT2D eigenvalue weighted by atomic mass is 79.9. The van der Waals surface area contributed by atoms with Gasteiger partial charge in [0.15, 0.2) is 0 Å². The van der Waals surface area contributed by atoms with E-state index >= 15 is 0 Å². The average molecular weight is 342 g/mol. The summed E-state index contributed by atoms with van der Waals surface area (Å²) in [6.45, 7) is 3.52. The molecule has 1 saturated heterocycles. The van der Waals surface area contributed by atoms with Crippen LogP contribution in [0, 0.1) is 5.92 Å². The minimum atomic E-state index is -0.718. The van der Waals surface area contributed by atoms with Gasteiger partial charge in [-0.25, -0.2) is 0 Å².